The Bertz CT molecular complexity index is 555. The van der Waals surface area contributed by atoms with Crippen LogP contribution in [0.3, 0.4) is 0 Å². The molecule has 1 atom stereocenters. The fourth-order valence-corrected chi connectivity index (χ4v) is 2.56. The first kappa shape index (κ1) is 12.3. The van der Waals surface area contributed by atoms with Gasteiger partial charge >= 0.3 is 0 Å². The fourth-order valence-electron chi connectivity index (χ4n) is 1.71. The molecule has 6 heteroatoms. The van der Waals surface area contributed by atoms with Gasteiger partial charge in [0, 0.05) is 10.9 Å². The van der Waals surface area contributed by atoms with E-state index in [0.717, 1.165) is 11.1 Å². The number of hydrogen-bond acceptors (Lipinski definition) is 4. The third-order valence-corrected chi connectivity index (χ3v) is 3.88. The van der Waals surface area contributed by atoms with Crippen molar-refractivity contribution in [2.45, 2.75) is 25.1 Å². The second kappa shape index (κ2) is 4.98. The summed E-state index contributed by atoms with van der Waals surface area (Å²) in [4.78, 5) is 14.8. The van der Waals surface area contributed by atoms with Gasteiger partial charge in [0.25, 0.3) is 5.69 Å². The summed E-state index contributed by atoms with van der Waals surface area (Å²) in [7, 11) is 0. The number of alkyl halides is 1. The summed E-state index contributed by atoms with van der Waals surface area (Å²) in [5.74, 6) is 0. The Balaban J connectivity index is 2.54. The van der Waals surface area contributed by atoms with Crippen LogP contribution in [-0.2, 0) is 6.42 Å². The van der Waals surface area contributed by atoms with Crippen LogP contribution < -0.4 is 0 Å². The Morgan fingerprint density at radius 2 is 2.35 bits per heavy atom. The van der Waals surface area contributed by atoms with Crippen LogP contribution in [0.2, 0.25) is 0 Å². The van der Waals surface area contributed by atoms with E-state index >= 15 is 0 Å². The third-order valence-electron chi connectivity index (χ3n) is 2.63. The highest BCUT2D eigenvalue weighted by molar-refractivity contribution is 7.16. The molecule has 17 heavy (non-hydrogen) atoms. The van der Waals surface area contributed by atoms with E-state index in [-0.39, 0.29) is 16.0 Å². The molecular weight excluding hydrogens is 260 g/mol. The molecule has 0 bridgehead atoms. The largest absolute Gasteiger partial charge is 0.299 e. The number of rotatable bonds is 4. The zero-order chi connectivity index (χ0) is 12.4. The summed E-state index contributed by atoms with van der Waals surface area (Å²) in [6.45, 7) is 1.96. The number of nitro groups is 1. The van der Waals surface area contributed by atoms with E-state index in [0.29, 0.717) is 17.5 Å². The van der Waals surface area contributed by atoms with Gasteiger partial charge in [-0.1, -0.05) is 13.0 Å². The average molecular weight is 271 g/mol. The van der Waals surface area contributed by atoms with Crippen LogP contribution in [0, 0.1) is 10.1 Å². The predicted molar refractivity (Wildman–Crippen MR) is 69.9 cm³/mol. The standard InChI is InChI=1S/C11H11ClN2O2S/c1-2-8(12)5-7-3-4-9-10(13-6-17-9)11(7)14(15)16/h3-4,6,8H,2,5H2,1H3. The van der Waals surface area contributed by atoms with E-state index in [9.17, 15) is 10.1 Å². The Kier molecular flexibility index (Phi) is 3.59. The highest BCUT2D eigenvalue weighted by atomic mass is 35.5. The molecule has 2 aromatic rings. The van der Waals surface area contributed by atoms with Crippen molar-refractivity contribution in [1.29, 1.82) is 0 Å². The highest BCUT2D eigenvalue weighted by Gasteiger charge is 2.21. The Morgan fingerprint density at radius 1 is 1.59 bits per heavy atom. The zero-order valence-electron chi connectivity index (χ0n) is 9.22. The lowest BCUT2D eigenvalue weighted by Gasteiger charge is -2.07. The van der Waals surface area contributed by atoms with Gasteiger partial charge in [0.2, 0.25) is 0 Å². The van der Waals surface area contributed by atoms with Crippen molar-refractivity contribution in [3.8, 4) is 0 Å². The van der Waals surface area contributed by atoms with Gasteiger partial charge < -0.3 is 0 Å². The van der Waals surface area contributed by atoms with Crippen molar-refractivity contribution >= 4 is 38.8 Å². The highest BCUT2D eigenvalue weighted by Crippen LogP contribution is 2.32. The molecule has 90 valence electrons. The molecule has 0 fully saturated rings. The first-order valence-electron chi connectivity index (χ1n) is 5.27. The van der Waals surface area contributed by atoms with E-state index < -0.39 is 0 Å². The normalized spacial score (nSPS) is 12.8. The maximum absolute atomic E-state index is 11.1. The monoisotopic (exact) mass is 270 g/mol. The van der Waals surface area contributed by atoms with Gasteiger partial charge in [-0.05, 0) is 18.9 Å². The molecule has 0 N–H and O–H groups in total. The molecule has 1 heterocycles. The van der Waals surface area contributed by atoms with Crippen LogP contribution in [0.15, 0.2) is 17.6 Å². The molecule has 1 aromatic heterocycles. The molecule has 1 aromatic carbocycles. The van der Waals surface area contributed by atoms with Crippen LogP contribution in [0.4, 0.5) is 5.69 Å². The van der Waals surface area contributed by atoms with E-state index in [1.54, 1.807) is 11.6 Å². The molecule has 0 saturated heterocycles. The van der Waals surface area contributed by atoms with Crippen LogP contribution in [0.25, 0.3) is 10.2 Å². The molecule has 0 saturated carbocycles. The molecule has 0 radical (unpaired) electrons. The smallest absolute Gasteiger partial charge is 0.258 e. The van der Waals surface area contributed by atoms with Crippen molar-refractivity contribution in [2.24, 2.45) is 0 Å². The van der Waals surface area contributed by atoms with Crippen LogP contribution >= 0.6 is 22.9 Å². The lowest BCUT2D eigenvalue weighted by molar-refractivity contribution is -0.383. The van der Waals surface area contributed by atoms with Crippen molar-refractivity contribution in [1.82, 2.24) is 4.98 Å². The van der Waals surface area contributed by atoms with Crippen LogP contribution in [0.1, 0.15) is 18.9 Å². The Labute approximate surface area is 107 Å². The van der Waals surface area contributed by atoms with Crippen molar-refractivity contribution in [3.05, 3.63) is 33.3 Å². The maximum Gasteiger partial charge on any atom is 0.299 e. The second-order valence-corrected chi connectivity index (χ2v) is 5.24. The maximum atomic E-state index is 11.1. The zero-order valence-corrected chi connectivity index (χ0v) is 10.8. The summed E-state index contributed by atoms with van der Waals surface area (Å²) >= 11 is 7.46. The van der Waals surface area contributed by atoms with Crippen molar-refractivity contribution in [2.75, 3.05) is 0 Å². The summed E-state index contributed by atoms with van der Waals surface area (Å²) in [6, 6.07) is 3.65. The van der Waals surface area contributed by atoms with Gasteiger partial charge in [-0.15, -0.1) is 22.9 Å². The van der Waals surface area contributed by atoms with Gasteiger partial charge in [-0.25, -0.2) is 4.98 Å². The summed E-state index contributed by atoms with van der Waals surface area (Å²) in [5, 5.41) is 11.1. The molecule has 1 unspecified atom stereocenters. The first-order valence-corrected chi connectivity index (χ1v) is 6.58. The molecule has 0 aliphatic carbocycles. The van der Waals surface area contributed by atoms with Crippen LogP contribution in [-0.4, -0.2) is 15.3 Å². The SMILES string of the molecule is CCC(Cl)Cc1ccc2scnc2c1[N+](=O)[O-]. The molecular formula is C11H11ClN2O2S. The van der Waals surface area contributed by atoms with Gasteiger partial charge in [0.15, 0.2) is 5.52 Å². The van der Waals surface area contributed by atoms with Gasteiger partial charge in [-0.3, -0.25) is 10.1 Å². The molecule has 0 aliphatic heterocycles. The van der Waals surface area contributed by atoms with E-state index in [4.69, 9.17) is 11.6 Å². The molecule has 0 aliphatic rings. The number of thiazole rings is 1. The van der Waals surface area contributed by atoms with E-state index in [1.165, 1.54) is 11.3 Å². The summed E-state index contributed by atoms with van der Waals surface area (Å²) in [5.41, 5.74) is 2.86. The predicted octanol–water partition coefficient (Wildman–Crippen LogP) is 3.76. The third kappa shape index (κ3) is 2.40. The Morgan fingerprint density at radius 3 is 3.00 bits per heavy atom. The number of benzene rings is 1. The number of nitro benzene ring substituents is 1. The van der Waals surface area contributed by atoms with E-state index in [1.807, 2.05) is 13.0 Å². The van der Waals surface area contributed by atoms with Crippen molar-refractivity contribution in [3.63, 3.8) is 0 Å². The molecule has 0 amide bonds. The van der Waals surface area contributed by atoms with Gasteiger partial charge in [-0.2, -0.15) is 0 Å². The minimum atomic E-state index is -0.364. The minimum Gasteiger partial charge on any atom is -0.258 e. The number of halogens is 1. The molecule has 0 spiro atoms. The Hall–Kier alpha value is -1.20. The van der Waals surface area contributed by atoms with Crippen LogP contribution in [0.5, 0.6) is 0 Å². The van der Waals surface area contributed by atoms with Crippen molar-refractivity contribution < 1.29 is 4.92 Å². The summed E-state index contributed by atoms with van der Waals surface area (Å²) in [6.07, 6.45) is 1.29. The quantitative estimate of drug-likeness (QED) is 0.483. The lowest BCUT2D eigenvalue weighted by Crippen LogP contribution is -2.04. The minimum absolute atomic E-state index is 0.0789. The second-order valence-electron chi connectivity index (χ2n) is 3.74. The number of fused-ring (bicyclic) bond motifs is 1. The topological polar surface area (TPSA) is 56.0 Å². The average Bonchev–Trinajstić information content (AvgIpc) is 2.75. The lowest BCUT2D eigenvalue weighted by atomic mass is 10.1. The van der Waals surface area contributed by atoms with E-state index in [2.05, 4.69) is 4.98 Å². The number of aromatic nitrogens is 1. The first-order chi connectivity index (χ1) is 8.13. The van der Waals surface area contributed by atoms with Gasteiger partial charge in [0.1, 0.15) is 0 Å². The summed E-state index contributed by atoms with van der Waals surface area (Å²) < 4.78 is 0.836. The fraction of sp³-hybridized carbons (Fsp3) is 0.364. The number of hydrogen-bond donors (Lipinski definition) is 0. The molecule has 2 rings (SSSR count). The van der Waals surface area contributed by atoms with Gasteiger partial charge in [0.05, 0.1) is 15.1 Å². The molecule has 4 nitrogen and oxygen atoms in total. The number of nitrogens with zero attached hydrogens (tertiary/aromatic N) is 2.